The fourth-order valence-electron chi connectivity index (χ4n) is 1.29. The van der Waals surface area contributed by atoms with Crippen molar-refractivity contribution in [1.82, 2.24) is 4.98 Å². The summed E-state index contributed by atoms with van der Waals surface area (Å²) in [5.74, 6) is -0.262. The lowest BCUT2D eigenvalue weighted by molar-refractivity contribution is 0.637. The molecule has 0 unspecified atom stereocenters. The van der Waals surface area contributed by atoms with E-state index in [-0.39, 0.29) is 5.82 Å². The first-order valence-corrected chi connectivity index (χ1v) is 4.00. The molecule has 2 rings (SSSR count). The maximum atomic E-state index is 13.1. The molecule has 0 amide bonds. The Balaban J connectivity index is 2.95. The van der Waals surface area contributed by atoms with Gasteiger partial charge in [-0.1, -0.05) is 23.7 Å². The number of halogens is 2. The summed E-state index contributed by atoms with van der Waals surface area (Å²) in [5, 5.41) is 1.36. The van der Waals surface area contributed by atoms with Crippen molar-refractivity contribution in [2.24, 2.45) is 0 Å². The summed E-state index contributed by atoms with van der Waals surface area (Å²) in [7, 11) is 0. The van der Waals surface area contributed by atoms with Crippen LogP contribution in [0.25, 0.3) is 10.9 Å². The fourth-order valence-corrected chi connectivity index (χ4v) is 1.48. The minimum Gasteiger partial charge on any atom is -0.343 e. The predicted molar refractivity (Wildman–Crippen MR) is 48.0 cm³/mol. The summed E-state index contributed by atoms with van der Waals surface area (Å²) in [6, 6.07) is 4.93. The van der Waals surface area contributed by atoms with Gasteiger partial charge in [-0.05, 0) is 18.6 Å². The van der Waals surface area contributed by atoms with Crippen molar-refractivity contribution in [3.05, 3.63) is 34.7 Å². The van der Waals surface area contributed by atoms with Crippen molar-refractivity contribution in [3.8, 4) is 0 Å². The van der Waals surface area contributed by atoms with Gasteiger partial charge in [0.1, 0.15) is 11.0 Å². The number of rotatable bonds is 0. The van der Waals surface area contributed by atoms with Crippen molar-refractivity contribution in [2.45, 2.75) is 6.92 Å². The van der Waals surface area contributed by atoms with Gasteiger partial charge in [-0.25, -0.2) is 4.39 Å². The molecule has 2 aromatic rings. The van der Waals surface area contributed by atoms with Crippen molar-refractivity contribution in [3.63, 3.8) is 0 Å². The Morgan fingerprint density at radius 3 is 2.83 bits per heavy atom. The molecule has 12 heavy (non-hydrogen) atoms. The number of aromatic amines is 1. The SMILES string of the molecule is Cc1c(Cl)[nH]c2c(F)cccc12. The van der Waals surface area contributed by atoms with Gasteiger partial charge >= 0.3 is 0 Å². The van der Waals surface area contributed by atoms with Crippen molar-refractivity contribution < 1.29 is 4.39 Å². The minimum absolute atomic E-state index is 0.262. The maximum Gasteiger partial charge on any atom is 0.147 e. The Hall–Kier alpha value is -1.02. The first kappa shape index (κ1) is 7.62. The van der Waals surface area contributed by atoms with E-state index in [9.17, 15) is 4.39 Å². The molecule has 1 heterocycles. The third-order valence-corrected chi connectivity index (χ3v) is 2.36. The molecule has 0 aliphatic heterocycles. The second kappa shape index (κ2) is 2.49. The molecule has 0 spiro atoms. The molecule has 0 aliphatic rings. The van der Waals surface area contributed by atoms with Crippen LogP contribution in [0.15, 0.2) is 18.2 Å². The lowest BCUT2D eigenvalue weighted by Gasteiger charge is -1.90. The lowest BCUT2D eigenvalue weighted by atomic mass is 10.2. The van der Waals surface area contributed by atoms with E-state index in [4.69, 9.17) is 11.6 Å². The highest BCUT2D eigenvalue weighted by molar-refractivity contribution is 6.31. The van der Waals surface area contributed by atoms with Gasteiger partial charge in [-0.2, -0.15) is 0 Å². The van der Waals surface area contributed by atoms with Gasteiger partial charge in [0.2, 0.25) is 0 Å². The number of hydrogen-bond acceptors (Lipinski definition) is 0. The van der Waals surface area contributed by atoms with Gasteiger partial charge in [0, 0.05) is 5.39 Å². The Kier molecular flexibility index (Phi) is 1.58. The summed E-state index contributed by atoms with van der Waals surface area (Å²) >= 11 is 5.80. The number of fused-ring (bicyclic) bond motifs is 1. The summed E-state index contributed by atoms with van der Waals surface area (Å²) < 4.78 is 13.1. The van der Waals surface area contributed by atoms with Crippen molar-refractivity contribution in [1.29, 1.82) is 0 Å². The minimum atomic E-state index is -0.262. The average molecular weight is 184 g/mol. The van der Waals surface area contributed by atoms with E-state index in [2.05, 4.69) is 4.98 Å². The van der Waals surface area contributed by atoms with Crippen LogP contribution < -0.4 is 0 Å². The Morgan fingerprint density at radius 2 is 2.17 bits per heavy atom. The van der Waals surface area contributed by atoms with Crippen LogP contribution in [-0.4, -0.2) is 4.98 Å². The Morgan fingerprint density at radius 1 is 1.42 bits per heavy atom. The number of nitrogens with one attached hydrogen (secondary N) is 1. The monoisotopic (exact) mass is 183 g/mol. The highest BCUT2D eigenvalue weighted by Gasteiger charge is 2.07. The lowest BCUT2D eigenvalue weighted by Crippen LogP contribution is -1.75. The zero-order valence-corrected chi connectivity index (χ0v) is 7.24. The third kappa shape index (κ3) is 0.916. The van der Waals surface area contributed by atoms with E-state index < -0.39 is 0 Å². The molecule has 1 aromatic heterocycles. The predicted octanol–water partition coefficient (Wildman–Crippen LogP) is 3.27. The molecule has 0 saturated carbocycles. The standard InChI is InChI=1S/C9H7ClFN/c1-5-6-3-2-4-7(11)8(6)12-9(5)10/h2-4,12H,1H3. The smallest absolute Gasteiger partial charge is 0.147 e. The molecule has 1 aromatic carbocycles. The highest BCUT2D eigenvalue weighted by atomic mass is 35.5. The second-order valence-electron chi connectivity index (χ2n) is 2.73. The van der Waals surface area contributed by atoms with E-state index in [1.807, 2.05) is 13.0 Å². The van der Waals surface area contributed by atoms with Crippen LogP contribution in [0.4, 0.5) is 4.39 Å². The molecule has 0 radical (unpaired) electrons. The summed E-state index contributed by atoms with van der Waals surface area (Å²) in [4.78, 5) is 2.79. The number of aryl methyl sites for hydroxylation is 1. The Bertz CT molecular complexity index is 433. The zero-order chi connectivity index (χ0) is 8.72. The molecule has 0 aliphatic carbocycles. The van der Waals surface area contributed by atoms with Crippen molar-refractivity contribution in [2.75, 3.05) is 0 Å². The van der Waals surface area contributed by atoms with Crippen LogP contribution in [0.1, 0.15) is 5.56 Å². The number of H-pyrrole nitrogens is 1. The summed E-state index contributed by atoms with van der Waals surface area (Å²) in [6.07, 6.45) is 0. The van der Waals surface area contributed by atoms with Crippen LogP contribution in [0, 0.1) is 12.7 Å². The van der Waals surface area contributed by atoms with E-state index in [0.717, 1.165) is 10.9 Å². The molecule has 0 bridgehead atoms. The fraction of sp³-hybridized carbons (Fsp3) is 0.111. The van der Waals surface area contributed by atoms with Gasteiger partial charge in [0.05, 0.1) is 5.52 Å². The number of aromatic nitrogens is 1. The summed E-state index contributed by atoms with van der Waals surface area (Å²) in [6.45, 7) is 1.86. The first-order chi connectivity index (χ1) is 5.70. The van der Waals surface area contributed by atoms with Crippen LogP contribution in [-0.2, 0) is 0 Å². The quantitative estimate of drug-likeness (QED) is 0.645. The van der Waals surface area contributed by atoms with Crippen molar-refractivity contribution >= 4 is 22.5 Å². The molecule has 0 atom stereocenters. The number of para-hydroxylation sites is 1. The molecule has 62 valence electrons. The van der Waals surface area contributed by atoms with Crippen LogP contribution in [0.3, 0.4) is 0 Å². The van der Waals surface area contributed by atoms with Crippen LogP contribution >= 0.6 is 11.6 Å². The molecule has 0 saturated heterocycles. The largest absolute Gasteiger partial charge is 0.343 e. The van der Waals surface area contributed by atoms with Gasteiger partial charge in [-0.3, -0.25) is 0 Å². The third-order valence-electron chi connectivity index (χ3n) is 1.98. The molecular formula is C9H7ClFN. The Labute approximate surface area is 74.2 Å². The molecule has 1 N–H and O–H groups in total. The first-order valence-electron chi connectivity index (χ1n) is 3.62. The number of benzene rings is 1. The normalized spacial score (nSPS) is 10.9. The average Bonchev–Trinajstić information content (AvgIpc) is 2.32. The molecule has 3 heteroatoms. The van der Waals surface area contributed by atoms with Gasteiger partial charge in [0.25, 0.3) is 0 Å². The van der Waals surface area contributed by atoms with E-state index in [1.54, 1.807) is 6.07 Å². The van der Waals surface area contributed by atoms with Gasteiger partial charge in [-0.15, -0.1) is 0 Å². The number of hydrogen-bond donors (Lipinski definition) is 1. The van der Waals surface area contributed by atoms with E-state index in [0.29, 0.717) is 10.7 Å². The van der Waals surface area contributed by atoms with Gasteiger partial charge in [0.15, 0.2) is 0 Å². The second-order valence-corrected chi connectivity index (χ2v) is 3.10. The highest BCUT2D eigenvalue weighted by Crippen LogP contribution is 2.26. The molecule has 1 nitrogen and oxygen atoms in total. The van der Waals surface area contributed by atoms with Crippen LogP contribution in [0.2, 0.25) is 5.15 Å². The molecule has 0 fully saturated rings. The van der Waals surface area contributed by atoms with E-state index in [1.165, 1.54) is 6.07 Å². The van der Waals surface area contributed by atoms with E-state index >= 15 is 0 Å². The maximum absolute atomic E-state index is 13.1. The van der Waals surface area contributed by atoms with Crippen LogP contribution in [0.5, 0.6) is 0 Å². The zero-order valence-electron chi connectivity index (χ0n) is 6.49. The summed E-state index contributed by atoms with van der Waals surface area (Å²) in [5.41, 5.74) is 1.38. The molecular weight excluding hydrogens is 177 g/mol. The van der Waals surface area contributed by atoms with Gasteiger partial charge < -0.3 is 4.98 Å². The topological polar surface area (TPSA) is 15.8 Å².